The molecule has 0 aliphatic heterocycles. The lowest BCUT2D eigenvalue weighted by molar-refractivity contribution is -0.160. The van der Waals surface area contributed by atoms with Crippen LogP contribution in [0.5, 0.6) is 0 Å². The molecule has 36 heavy (non-hydrogen) atoms. The van der Waals surface area contributed by atoms with Gasteiger partial charge in [-0.05, 0) is 44.4 Å². The van der Waals surface area contributed by atoms with Crippen molar-refractivity contribution in [2.45, 2.75) is 63.8 Å². The number of carbonyl (C=O) groups excluding carboxylic acids is 3. The first-order valence-electron chi connectivity index (χ1n) is 12.2. The minimum Gasteiger partial charge on any atom is -0.465 e. The van der Waals surface area contributed by atoms with Crippen LogP contribution in [0.25, 0.3) is 0 Å². The number of rotatable bonds is 12. The Balaban J connectivity index is 1.81. The van der Waals surface area contributed by atoms with Crippen LogP contribution in [0.15, 0.2) is 12.7 Å². The summed E-state index contributed by atoms with van der Waals surface area (Å²) >= 11 is 0. The molecule has 2 aliphatic carbocycles. The van der Waals surface area contributed by atoms with E-state index in [9.17, 15) is 29.2 Å². The van der Waals surface area contributed by atoms with Gasteiger partial charge in [0.25, 0.3) is 0 Å². The lowest BCUT2D eigenvalue weighted by Gasteiger charge is -2.34. The molecular formula is C24H39O11P. The van der Waals surface area contributed by atoms with Gasteiger partial charge in [0.2, 0.25) is 0 Å². The Labute approximate surface area is 212 Å². The Bertz CT molecular complexity index is 808. The zero-order valence-corrected chi connectivity index (χ0v) is 22.1. The second-order valence-corrected chi connectivity index (χ2v) is 11.9. The van der Waals surface area contributed by atoms with Gasteiger partial charge >= 0.3 is 25.5 Å². The molecule has 2 fully saturated rings. The van der Waals surface area contributed by atoms with E-state index in [0.29, 0.717) is 38.5 Å². The Morgan fingerprint density at radius 3 is 2.31 bits per heavy atom. The average molecular weight is 535 g/mol. The van der Waals surface area contributed by atoms with Crippen LogP contribution in [0.1, 0.15) is 45.4 Å². The maximum atomic E-state index is 12.7. The van der Waals surface area contributed by atoms with Crippen molar-refractivity contribution in [2.24, 2.45) is 23.7 Å². The molecular weight excluding hydrogens is 495 g/mol. The van der Waals surface area contributed by atoms with E-state index < -0.39 is 61.6 Å². The summed E-state index contributed by atoms with van der Waals surface area (Å²) in [6.07, 6.45) is 1.34. The highest BCUT2D eigenvalue weighted by Crippen LogP contribution is 2.48. The van der Waals surface area contributed by atoms with Gasteiger partial charge in [0, 0.05) is 26.2 Å². The van der Waals surface area contributed by atoms with Crippen molar-refractivity contribution in [3.63, 3.8) is 0 Å². The maximum absolute atomic E-state index is 12.7. The fourth-order valence-corrected chi connectivity index (χ4v) is 5.86. The number of carbonyl (C=O) groups is 3. The van der Waals surface area contributed by atoms with Gasteiger partial charge in [0.1, 0.15) is 6.10 Å². The van der Waals surface area contributed by atoms with Gasteiger partial charge in [0.05, 0.1) is 43.4 Å². The molecule has 0 aromatic carbocycles. The van der Waals surface area contributed by atoms with Crippen molar-refractivity contribution in [1.82, 2.24) is 0 Å². The number of ether oxygens (including phenoxy) is 3. The largest absolute Gasteiger partial charge is 0.465 e. The number of hydrogen-bond acceptors (Lipinski definition) is 11. The van der Waals surface area contributed by atoms with Crippen molar-refractivity contribution in [1.29, 1.82) is 0 Å². The highest BCUT2D eigenvalue weighted by molar-refractivity contribution is 7.53. The van der Waals surface area contributed by atoms with Gasteiger partial charge in [-0.1, -0.05) is 13.5 Å². The molecule has 206 valence electrons. The first-order chi connectivity index (χ1) is 17.0. The SMILES string of the molecule is C=CC(=O)OC1CC(COC(=O)C2CCC(O)C(COC(=O)C(C)CP(=O)(OC)OC)C2)CCC1O. The minimum atomic E-state index is -3.37. The molecule has 2 N–H and O–H groups in total. The molecule has 0 bridgehead atoms. The molecule has 0 aromatic rings. The van der Waals surface area contributed by atoms with E-state index >= 15 is 0 Å². The summed E-state index contributed by atoms with van der Waals surface area (Å²) in [4.78, 5) is 36.5. The van der Waals surface area contributed by atoms with Crippen molar-refractivity contribution >= 4 is 25.5 Å². The molecule has 7 atom stereocenters. The van der Waals surface area contributed by atoms with Crippen LogP contribution in [-0.4, -0.2) is 80.0 Å². The molecule has 0 amide bonds. The monoisotopic (exact) mass is 534 g/mol. The molecule has 2 rings (SSSR count). The third-order valence-electron chi connectivity index (χ3n) is 6.93. The van der Waals surface area contributed by atoms with E-state index in [1.807, 2.05) is 0 Å². The van der Waals surface area contributed by atoms with Crippen molar-refractivity contribution < 1.29 is 52.4 Å². The Hall–Kier alpha value is -1.78. The summed E-state index contributed by atoms with van der Waals surface area (Å²) in [7, 11) is -0.885. The Morgan fingerprint density at radius 1 is 1.00 bits per heavy atom. The molecule has 0 aromatic heterocycles. The quantitative estimate of drug-likeness (QED) is 0.164. The predicted molar refractivity (Wildman–Crippen MR) is 128 cm³/mol. The molecule has 2 aliphatic rings. The molecule has 12 heteroatoms. The van der Waals surface area contributed by atoms with E-state index in [4.69, 9.17) is 23.3 Å². The predicted octanol–water partition coefficient (Wildman–Crippen LogP) is 2.23. The summed E-state index contributed by atoms with van der Waals surface area (Å²) in [6, 6.07) is 0. The normalized spacial score (nSPS) is 29.6. The average Bonchev–Trinajstić information content (AvgIpc) is 2.87. The lowest BCUT2D eigenvalue weighted by Crippen LogP contribution is -2.39. The summed E-state index contributed by atoms with van der Waals surface area (Å²) in [5.41, 5.74) is 0. The summed E-state index contributed by atoms with van der Waals surface area (Å²) in [5, 5.41) is 20.4. The third kappa shape index (κ3) is 8.95. The van der Waals surface area contributed by atoms with Crippen molar-refractivity contribution in [3.05, 3.63) is 12.7 Å². The molecule has 0 heterocycles. The van der Waals surface area contributed by atoms with Crippen LogP contribution in [-0.2, 0) is 42.2 Å². The zero-order valence-electron chi connectivity index (χ0n) is 21.2. The highest BCUT2D eigenvalue weighted by Gasteiger charge is 2.37. The Morgan fingerprint density at radius 2 is 1.67 bits per heavy atom. The topological polar surface area (TPSA) is 155 Å². The van der Waals surface area contributed by atoms with Crippen LogP contribution in [0, 0.1) is 23.7 Å². The molecule has 7 unspecified atom stereocenters. The number of aliphatic hydroxyl groups excluding tert-OH is 2. The highest BCUT2D eigenvalue weighted by atomic mass is 31.2. The summed E-state index contributed by atoms with van der Waals surface area (Å²) in [5.74, 6) is -3.25. The second kappa shape index (κ2) is 14.2. The van der Waals surface area contributed by atoms with E-state index in [-0.39, 0.29) is 25.3 Å². The zero-order chi connectivity index (χ0) is 26.9. The van der Waals surface area contributed by atoms with E-state index in [1.165, 1.54) is 14.2 Å². The van der Waals surface area contributed by atoms with Crippen LogP contribution in [0.3, 0.4) is 0 Å². The fraction of sp³-hybridized carbons (Fsp3) is 0.792. The van der Waals surface area contributed by atoms with Gasteiger partial charge in [0.15, 0.2) is 0 Å². The third-order valence-corrected chi connectivity index (χ3v) is 9.04. The van der Waals surface area contributed by atoms with Crippen molar-refractivity contribution in [2.75, 3.05) is 33.6 Å². The van der Waals surface area contributed by atoms with Gasteiger partial charge in [-0.3, -0.25) is 14.2 Å². The van der Waals surface area contributed by atoms with Crippen LogP contribution in [0.2, 0.25) is 0 Å². The van der Waals surface area contributed by atoms with Gasteiger partial charge in [-0.2, -0.15) is 0 Å². The molecule has 0 spiro atoms. The van der Waals surface area contributed by atoms with Crippen LogP contribution in [0.4, 0.5) is 0 Å². The van der Waals surface area contributed by atoms with Gasteiger partial charge in [-0.25, -0.2) is 4.79 Å². The first-order valence-corrected chi connectivity index (χ1v) is 14.0. The van der Waals surface area contributed by atoms with E-state index in [2.05, 4.69) is 6.58 Å². The van der Waals surface area contributed by atoms with Crippen LogP contribution >= 0.6 is 7.60 Å². The first kappa shape index (κ1) is 30.4. The maximum Gasteiger partial charge on any atom is 0.331 e. The molecule has 11 nitrogen and oxygen atoms in total. The molecule has 0 saturated heterocycles. The molecule has 2 saturated carbocycles. The minimum absolute atomic E-state index is 0.0532. The van der Waals surface area contributed by atoms with E-state index in [1.54, 1.807) is 6.92 Å². The fourth-order valence-electron chi connectivity index (χ4n) is 4.60. The number of esters is 3. The van der Waals surface area contributed by atoms with Gasteiger partial charge < -0.3 is 33.5 Å². The second-order valence-electron chi connectivity index (χ2n) is 9.58. The van der Waals surface area contributed by atoms with Crippen molar-refractivity contribution in [3.8, 4) is 0 Å². The number of aliphatic hydroxyl groups is 2. The summed E-state index contributed by atoms with van der Waals surface area (Å²) in [6.45, 7) is 4.97. The van der Waals surface area contributed by atoms with Crippen LogP contribution < -0.4 is 0 Å². The smallest absolute Gasteiger partial charge is 0.331 e. The standard InChI is InChI=1S/C24H39O11P/c1-5-22(27)35-21-10-16(6-8-20(21)26)12-33-24(29)17-7-9-19(25)18(11-17)13-34-23(28)15(2)14-36(30,31-3)32-4/h5,15-21,25-26H,1,6-14H2,2-4H3. The molecule has 0 radical (unpaired) electrons. The Kier molecular flexibility index (Phi) is 12.0. The summed E-state index contributed by atoms with van der Waals surface area (Å²) < 4.78 is 38.0. The van der Waals surface area contributed by atoms with Gasteiger partial charge in [-0.15, -0.1) is 0 Å². The number of hydrogen-bond donors (Lipinski definition) is 2. The lowest BCUT2D eigenvalue weighted by atomic mass is 9.79. The van der Waals surface area contributed by atoms with E-state index in [0.717, 1.165) is 6.08 Å².